The minimum Gasteiger partial charge on any atom is -0.352 e. The summed E-state index contributed by atoms with van der Waals surface area (Å²) in [5.74, 6) is 0.438. The second-order valence-electron chi connectivity index (χ2n) is 5.31. The van der Waals surface area contributed by atoms with Crippen LogP contribution in [0.4, 0.5) is 4.39 Å². The summed E-state index contributed by atoms with van der Waals surface area (Å²) in [6.45, 7) is 1.96. The van der Waals surface area contributed by atoms with Crippen LogP contribution in [-0.2, 0) is 6.42 Å². The molecule has 0 atom stereocenters. The van der Waals surface area contributed by atoms with E-state index in [-0.39, 0.29) is 5.91 Å². The van der Waals surface area contributed by atoms with E-state index in [9.17, 15) is 9.18 Å². The van der Waals surface area contributed by atoms with Crippen molar-refractivity contribution in [1.82, 2.24) is 25.5 Å². The van der Waals surface area contributed by atoms with E-state index in [4.69, 9.17) is 0 Å². The number of nitrogens with zero attached hydrogens (tertiary/aromatic N) is 3. The molecule has 0 aliphatic rings. The predicted molar refractivity (Wildman–Crippen MR) is 86.8 cm³/mol. The lowest BCUT2D eigenvalue weighted by atomic mass is 10.2. The molecule has 1 amide bonds. The first-order chi connectivity index (χ1) is 11.6. The molecule has 0 spiro atoms. The van der Waals surface area contributed by atoms with Crippen molar-refractivity contribution in [1.29, 1.82) is 0 Å². The molecule has 122 valence electrons. The molecule has 0 aliphatic carbocycles. The van der Waals surface area contributed by atoms with Gasteiger partial charge in [0, 0.05) is 30.3 Å². The van der Waals surface area contributed by atoms with Gasteiger partial charge in [-0.15, -0.1) is 0 Å². The van der Waals surface area contributed by atoms with Crippen LogP contribution >= 0.6 is 0 Å². The zero-order valence-corrected chi connectivity index (χ0v) is 13.1. The van der Waals surface area contributed by atoms with E-state index < -0.39 is 5.95 Å². The summed E-state index contributed by atoms with van der Waals surface area (Å²) in [6.07, 6.45) is 1.73. The number of amides is 1. The van der Waals surface area contributed by atoms with Crippen molar-refractivity contribution < 1.29 is 9.18 Å². The number of aromatic amines is 1. The van der Waals surface area contributed by atoms with Gasteiger partial charge in [0.05, 0.1) is 5.56 Å². The standard InChI is InChI=1S/C17H16FN5O/c1-11-9-13(10-20-15(11)18)17(24)19-8-7-14-21-16(23-22-14)12-5-3-2-4-6-12/h2-6,9-10H,7-8H2,1H3,(H,19,24)(H,21,22,23). The molecule has 3 aromatic rings. The quantitative estimate of drug-likeness (QED) is 0.705. The SMILES string of the molecule is Cc1cc(C(=O)NCCc2nc(-c3ccccc3)n[nH]2)cnc1F. The smallest absolute Gasteiger partial charge is 0.252 e. The molecular weight excluding hydrogens is 309 g/mol. The van der Waals surface area contributed by atoms with Gasteiger partial charge < -0.3 is 5.32 Å². The van der Waals surface area contributed by atoms with Crippen LogP contribution in [0.2, 0.25) is 0 Å². The number of aryl methyl sites for hydroxylation is 1. The van der Waals surface area contributed by atoms with E-state index in [0.29, 0.717) is 35.7 Å². The fourth-order valence-corrected chi connectivity index (χ4v) is 2.20. The fourth-order valence-electron chi connectivity index (χ4n) is 2.20. The fraction of sp³-hybridized carbons (Fsp3) is 0.176. The molecule has 2 N–H and O–H groups in total. The minimum atomic E-state index is -0.568. The lowest BCUT2D eigenvalue weighted by molar-refractivity contribution is 0.0953. The average molecular weight is 325 g/mol. The van der Waals surface area contributed by atoms with Crippen molar-refractivity contribution in [2.45, 2.75) is 13.3 Å². The van der Waals surface area contributed by atoms with Gasteiger partial charge in [-0.25, -0.2) is 9.97 Å². The first-order valence-electron chi connectivity index (χ1n) is 7.50. The zero-order valence-electron chi connectivity index (χ0n) is 13.1. The molecule has 0 fully saturated rings. The van der Waals surface area contributed by atoms with Crippen LogP contribution in [0.25, 0.3) is 11.4 Å². The van der Waals surface area contributed by atoms with E-state index in [1.54, 1.807) is 6.92 Å². The Kier molecular flexibility index (Phi) is 4.60. The highest BCUT2D eigenvalue weighted by Gasteiger charge is 2.09. The summed E-state index contributed by atoms with van der Waals surface area (Å²) in [4.78, 5) is 19.9. The van der Waals surface area contributed by atoms with Gasteiger partial charge in [0.25, 0.3) is 5.91 Å². The van der Waals surface area contributed by atoms with Crippen LogP contribution in [-0.4, -0.2) is 32.6 Å². The third-order valence-corrected chi connectivity index (χ3v) is 3.49. The van der Waals surface area contributed by atoms with Gasteiger partial charge in [-0.2, -0.15) is 9.49 Å². The number of aromatic nitrogens is 4. The molecule has 0 unspecified atom stereocenters. The lowest BCUT2D eigenvalue weighted by Gasteiger charge is -2.04. The predicted octanol–water partition coefficient (Wildman–Crippen LogP) is 2.29. The molecule has 3 rings (SSSR count). The van der Waals surface area contributed by atoms with Crippen molar-refractivity contribution in [3.8, 4) is 11.4 Å². The number of hydrogen-bond acceptors (Lipinski definition) is 4. The van der Waals surface area contributed by atoms with Gasteiger partial charge in [-0.05, 0) is 13.0 Å². The topological polar surface area (TPSA) is 83.6 Å². The molecule has 0 bridgehead atoms. The molecule has 1 aromatic carbocycles. The van der Waals surface area contributed by atoms with Crippen LogP contribution in [0.5, 0.6) is 0 Å². The summed E-state index contributed by atoms with van der Waals surface area (Å²) in [5, 5.41) is 9.78. The highest BCUT2D eigenvalue weighted by atomic mass is 19.1. The van der Waals surface area contributed by atoms with Crippen LogP contribution in [0.15, 0.2) is 42.6 Å². The average Bonchev–Trinajstić information content (AvgIpc) is 3.07. The third kappa shape index (κ3) is 3.62. The van der Waals surface area contributed by atoms with Crippen LogP contribution in [0.1, 0.15) is 21.7 Å². The van der Waals surface area contributed by atoms with Gasteiger partial charge in [-0.1, -0.05) is 30.3 Å². The molecule has 0 aliphatic heterocycles. The summed E-state index contributed by atoms with van der Waals surface area (Å²) in [6, 6.07) is 11.1. The molecule has 0 saturated carbocycles. The largest absolute Gasteiger partial charge is 0.352 e. The Bertz CT molecular complexity index is 847. The second kappa shape index (κ2) is 6.99. The van der Waals surface area contributed by atoms with Crippen molar-refractivity contribution in [2.24, 2.45) is 0 Å². The van der Waals surface area contributed by atoms with Gasteiger partial charge in [-0.3, -0.25) is 9.89 Å². The number of rotatable bonds is 5. The highest BCUT2D eigenvalue weighted by Crippen LogP contribution is 2.13. The van der Waals surface area contributed by atoms with Crippen LogP contribution in [0, 0.1) is 12.9 Å². The second-order valence-corrected chi connectivity index (χ2v) is 5.31. The first kappa shape index (κ1) is 15.8. The Morgan fingerprint density at radius 3 is 2.83 bits per heavy atom. The molecule has 0 saturated heterocycles. The Hall–Kier alpha value is -3.09. The van der Waals surface area contributed by atoms with Crippen molar-refractivity contribution in [2.75, 3.05) is 6.54 Å². The summed E-state index contributed by atoms with van der Waals surface area (Å²) >= 11 is 0. The van der Waals surface area contributed by atoms with Crippen LogP contribution in [0.3, 0.4) is 0 Å². The first-order valence-corrected chi connectivity index (χ1v) is 7.50. The van der Waals surface area contributed by atoms with E-state index in [2.05, 4.69) is 25.5 Å². The highest BCUT2D eigenvalue weighted by molar-refractivity contribution is 5.93. The molecular formula is C17H16FN5O. The number of carbonyl (C=O) groups excluding carboxylic acids is 1. The number of hydrogen-bond donors (Lipinski definition) is 2. The van der Waals surface area contributed by atoms with E-state index in [0.717, 1.165) is 5.56 Å². The minimum absolute atomic E-state index is 0.298. The summed E-state index contributed by atoms with van der Waals surface area (Å²) in [7, 11) is 0. The summed E-state index contributed by atoms with van der Waals surface area (Å²) in [5.41, 5.74) is 1.60. The Morgan fingerprint density at radius 1 is 1.29 bits per heavy atom. The Morgan fingerprint density at radius 2 is 2.08 bits per heavy atom. The van der Waals surface area contributed by atoms with Gasteiger partial charge >= 0.3 is 0 Å². The van der Waals surface area contributed by atoms with Crippen molar-refractivity contribution >= 4 is 5.91 Å². The molecule has 24 heavy (non-hydrogen) atoms. The third-order valence-electron chi connectivity index (χ3n) is 3.49. The van der Waals surface area contributed by atoms with Crippen LogP contribution < -0.4 is 5.32 Å². The number of benzene rings is 1. The van der Waals surface area contributed by atoms with Gasteiger partial charge in [0.2, 0.25) is 5.95 Å². The maximum Gasteiger partial charge on any atom is 0.252 e. The number of pyridine rings is 1. The molecule has 2 heterocycles. The lowest BCUT2D eigenvalue weighted by Crippen LogP contribution is -2.26. The van der Waals surface area contributed by atoms with E-state index in [1.165, 1.54) is 12.3 Å². The number of carbonyl (C=O) groups is 1. The number of H-pyrrole nitrogens is 1. The number of nitrogens with one attached hydrogen (secondary N) is 2. The van der Waals surface area contributed by atoms with E-state index >= 15 is 0 Å². The Balaban J connectivity index is 1.56. The zero-order chi connectivity index (χ0) is 16.9. The molecule has 0 radical (unpaired) electrons. The molecule has 2 aromatic heterocycles. The van der Waals surface area contributed by atoms with Crippen molar-refractivity contribution in [3.05, 3.63) is 65.5 Å². The van der Waals surface area contributed by atoms with Crippen molar-refractivity contribution in [3.63, 3.8) is 0 Å². The maximum atomic E-state index is 13.1. The van der Waals surface area contributed by atoms with E-state index in [1.807, 2.05) is 30.3 Å². The monoisotopic (exact) mass is 325 g/mol. The maximum absolute atomic E-state index is 13.1. The number of halogens is 1. The summed E-state index contributed by atoms with van der Waals surface area (Å²) < 4.78 is 13.1. The van der Waals surface area contributed by atoms with Gasteiger partial charge in [0.15, 0.2) is 5.82 Å². The molecule has 7 heteroatoms. The normalized spacial score (nSPS) is 10.6. The molecule has 6 nitrogen and oxygen atoms in total. The Labute approximate surface area is 138 Å². The van der Waals surface area contributed by atoms with Gasteiger partial charge in [0.1, 0.15) is 5.82 Å².